The maximum Gasteiger partial charge on any atom is 0.305 e. The molecule has 1 atom stereocenters. The summed E-state index contributed by atoms with van der Waals surface area (Å²) in [4.78, 5) is 24.7. The lowest BCUT2D eigenvalue weighted by atomic mass is 10.2. The highest BCUT2D eigenvalue weighted by Crippen LogP contribution is 2.08. The molecule has 0 radical (unpaired) electrons. The van der Waals surface area contributed by atoms with Gasteiger partial charge in [0.15, 0.2) is 0 Å². The lowest BCUT2D eigenvalue weighted by Crippen LogP contribution is -2.42. The minimum absolute atomic E-state index is 0.0517. The summed E-state index contributed by atoms with van der Waals surface area (Å²) < 4.78 is 5.62. The Bertz CT molecular complexity index is 473. The second-order valence-corrected chi connectivity index (χ2v) is 5.76. The quantitative estimate of drug-likeness (QED) is 0.761. The number of ether oxygens (including phenoxy) is 1. The molecule has 0 aliphatic heterocycles. The number of carboxylic acids is 1. The summed E-state index contributed by atoms with van der Waals surface area (Å²) in [7, 11) is 0. The number of carboxylic acid groups (broad SMARTS) is 1. The van der Waals surface area contributed by atoms with Crippen LogP contribution in [0.25, 0.3) is 0 Å². The lowest BCUT2D eigenvalue weighted by molar-refractivity contribution is -0.145. The van der Waals surface area contributed by atoms with Crippen molar-refractivity contribution in [1.29, 1.82) is 0 Å². The van der Waals surface area contributed by atoms with Crippen molar-refractivity contribution in [2.75, 3.05) is 13.1 Å². The summed E-state index contributed by atoms with van der Waals surface area (Å²) in [6.45, 7) is 6.81. The van der Waals surface area contributed by atoms with Crippen LogP contribution < -0.4 is 0 Å². The van der Waals surface area contributed by atoms with Gasteiger partial charge >= 0.3 is 5.97 Å². The summed E-state index contributed by atoms with van der Waals surface area (Å²) in [5.41, 5.74) is 1.00. The zero-order valence-corrected chi connectivity index (χ0v) is 13.5. The zero-order valence-electron chi connectivity index (χ0n) is 13.5. The third-order valence-electron chi connectivity index (χ3n) is 3.18. The molecular weight excluding hydrogens is 282 g/mol. The van der Waals surface area contributed by atoms with Gasteiger partial charge in [-0.15, -0.1) is 0 Å². The van der Waals surface area contributed by atoms with Gasteiger partial charge in [-0.1, -0.05) is 44.2 Å². The maximum absolute atomic E-state index is 12.4. The van der Waals surface area contributed by atoms with Crippen LogP contribution in [0.15, 0.2) is 30.3 Å². The molecule has 0 aromatic heterocycles. The van der Waals surface area contributed by atoms with Gasteiger partial charge in [0.2, 0.25) is 0 Å². The molecule has 1 rings (SSSR count). The van der Waals surface area contributed by atoms with Crippen molar-refractivity contribution in [1.82, 2.24) is 4.90 Å². The third-order valence-corrected chi connectivity index (χ3v) is 3.18. The molecule has 0 fully saturated rings. The van der Waals surface area contributed by atoms with Gasteiger partial charge < -0.3 is 14.7 Å². The highest BCUT2D eigenvalue weighted by molar-refractivity contribution is 5.81. The van der Waals surface area contributed by atoms with Crippen molar-refractivity contribution >= 4 is 11.9 Å². The molecule has 1 amide bonds. The predicted octanol–water partition coefficient (Wildman–Crippen LogP) is 2.55. The summed E-state index contributed by atoms with van der Waals surface area (Å²) in [6.07, 6.45) is -0.642. The summed E-state index contributed by atoms with van der Waals surface area (Å²) in [6, 6.07) is 9.64. The van der Waals surface area contributed by atoms with Gasteiger partial charge in [0.1, 0.15) is 6.10 Å². The molecular formula is C17H25NO4. The normalized spacial score (nSPS) is 12.2. The van der Waals surface area contributed by atoms with Crippen LogP contribution in [-0.2, 0) is 20.9 Å². The van der Waals surface area contributed by atoms with E-state index >= 15 is 0 Å². The molecule has 0 heterocycles. The van der Waals surface area contributed by atoms with Crippen LogP contribution in [0.3, 0.4) is 0 Å². The minimum atomic E-state index is -0.903. The van der Waals surface area contributed by atoms with Crippen molar-refractivity contribution in [2.45, 2.75) is 39.9 Å². The summed E-state index contributed by atoms with van der Waals surface area (Å²) >= 11 is 0. The number of nitrogens with zero attached hydrogens (tertiary/aromatic N) is 1. The minimum Gasteiger partial charge on any atom is -0.481 e. The average molecular weight is 307 g/mol. The first-order valence-corrected chi connectivity index (χ1v) is 7.56. The van der Waals surface area contributed by atoms with E-state index < -0.39 is 12.1 Å². The molecule has 5 heteroatoms. The van der Waals surface area contributed by atoms with Crippen LogP contribution in [0.2, 0.25) is 0 Å². The number of hydrogen-bond donors (Lipinski definition) is 1. The molecule has 0 saturated carbocycles. The number of rotatable bonds is 9. The molecule has 22 heavy (non-hydrogen) atoms. The largest absolute Gasteiger partial charge is 0.481 e. The topological polar surface area (TPSA) is 66.8 Å². The average Bonchev–Trinajstić information content (AvgIpc) is 2.48. The number of benzene rings is 1. The van der Waals surface area contributed by atoms with Gasteiger partial charge in [-0.3, -0.25) is 9.59 Å². The zero-order chi connectivity index (χ0) is 16.5. The van der Waals surface area contributed by atoms with E-state index in [1.165, 1.54) is 0 Å². The van der Waals surface area contributed by atoms with Gasteiger partial charge in [-0.2, -0.15) is 0 Å². The Balaban J connectivity index is 2.56. The maximum atomic E-state index is 12.4. The van der Waals surface area contributed by atoms with Crippen LogP contribution in [0.1, 0.15) is 32.8 Å². The standard InChI is InChI=1S/C17H25NO4/c1-13(2)11-18(10-9-16(19)20)17(21)14(3)22-12-15-7-5-4-6-8-15/h4-8,13-14H,9-12H2,1-3H3,(H,19,20). The van der Waals surface area contributed by atoms with Crippen molar-refractivity contribution in [3.8, 4) is 0 Å². The highest BCUT2D eigenvalue weighted by Gasteiger charge is 2.22. The van der Waals surface area contributed by atoms with E-state index in [1.54, 1.807) is 11.8 Å². The number of carbonyl (C=O) groups is 2. The first kappa shape index (κ1) is 18.2. The molecule has 122 valence electrons. The van der Waals surface area contributed by atoms with Crippen molar-refractivity contribution in [3.05, 3.63) is 35.9 Å². The number of aliphatic carboxylic acids is 1. The van der Waals surface area contributed by atoms with Gasteiger partial charge in [-0.05, 0) is 18.4 Å². The SMILES string of the molecule is CC(C)CN(CCC(=O)O)C(=O)C(C)OCc1ccccc1. The van der Waals surface area contributed by atoms with Crippen molar-refractivity contribution in [3.63, 3.8) is 0 Å². The molecule has 1 aromatic rings. The van der Waals surface area contributed by atoms with E-state index in [-0.39, 0.29) is 24.8 Å². The van der Waals surface area contributed by atoms with Gasteiger partial charge in [0.25, 0.3) is 5.91 Å². The molecule has 0 spiro atoms. The number of hydrogen-bond acceptors (Lipinski definition) is 3. The van der Waals surface area contributed by atoms with Crippen LogP contribution >= 0.6 is 0 Å². The molecule has 1 aromatic carbocycles. The Kier molecular flexibility index (Phi) is 7.60. The Hall–Kier alpha value is -1.88. The Morgan fingerprint density at radius 2 is 1.82 bits per heavy atom. The van der Waals surface area contributed by atoms with E-state index in [9.17, 15) is 9.59 Å². The van der Waals surface area contributed by atoms with Crippen LogP contribution in [0.5, 0.6) is 0 Å². The highest BCUT2D eigenvalue weighted by atomic mass is 16.5. The van der Waals surface area contributed by atoms with Gasteiger partial charge in [0.05, 0.1) is 13.0 Å². The molecule has 0 bridgehead atoms. The van der Waals surface area contributed by atoms with Gasteiger partial charge in [-0.25, -0.2) is 0 Å². The van der Waals surface area contributed by atoms with E-state index in [1.807, 2.05) is 44.2 Å². The summed E-state index contributed by atoms with van der Waals surface area (Å²) in [5.74, 6) is -0.788. The van der Waals surface area contributed by atoms with Crippen molar-refractivity contribution in [2.24, 2.45) is 5.92 Å². The smallest absolute Gasteiger partial charge is 0.305 e. The van der Waals surface area contributed by atoms with Crippen LogP contribution in [-0.4, -0.2) is 41.1 Å². The Morgan fingerprint density at radius 1 is 1.18 bits per heavy atom. The predicted molar refractivity (Wildman–Crippen MR) is 84.4 cm³/mol. The van der Waals surface area contributed by atoms with E-state index in [0.717, 1.165) is 5.56 Å². The molecule has 0 aliphatic rings. The molecule has 5 nitrogen and oxygen atoms in total. The van der Waals surface area contributed by atoms with E-state index in [4.69, 9.17) is 9.84 Å². The van der Waals surface area contributed by atoms with Crippen molar-refractivity contribution < 1.29 is 19.4 Å². The second kappa shape index (κ2) is 9.20. The van der Waals surface area contributed by atoms with Crippen LogP contribution in [0.4, 0.5) is 0 Å². The van der Waals surface area contributed by atoms with E-state index in [0.29, 0.717) is 13.2 Å². The van der Waals surface area contributed by atoms with Gasteiger partial charge in [0, 0.05) is 13.1 Å². The fourth-order valence-corrected chi connectivity index (χ4v) is 2.09. The Morgan fingerprint density at radius 3 is 2.36 bits per heavy atom. The number of carbonyl (C=O) groups excluding carboxylic acids is 1. The monoisotopic (exact) mass is 307 g/mol. The molecule has 1 unspecified atom stereocenters. The third kappa shape index (κ3) is 6.72. The lowest BCUT2D eigenvalue weighted by Gasteiger charge is -2.27. The van der Waals surface area contributed by atoms with E-state index in [2.05, 4.69) is 0 Å². The first-order chi connectivity index (χ1) is 10.4. The molecule has 0 aliphatic carbocycles. The fraction of sp³-hybridized carbons (Fsp3) is 0.529. The molecule has 0 saturated heterocycles. The number of amides is 1. The fourth-order valence-electron chi connectivity index (χ4n) is 2.09. The summed E-state index contributed by atoms with van der Waals surface area (Å²) in [5, 5.41) is 8.80. The first-order valence-electron chi connectivity index (χ1n) is 7.56. The molecule has 1 N–H and O–H groups in total. The van der Waals surface area contributed by atoms with Crippen LogP contribution in [0, 0.1) is 5.92 Å². The second-order valence-electron chi connectivity index (χ2n) is 5.76. The Labute approximate surface area is 131 Å².